The average molecular weight is 283 g/mol. The summed E-state index contributed by atoms with van der Waals surface area (Å²) in [6.07, 6.45) is 3.05. The molecule has 3 rings (SSSR count). The number of hydrogen-bond acceptors (Lipinski definition) is 6. The Morgan fingerprint density at radius 2 is 2.47 bits per heavy atom. The lowest BCUT2D eigenvalue weighted by atomic mass is 9.80. The lowest BCUT2D eigenvalue weighted by Crippen LogP contribution is -2.45. The van der Waals surface area contributed by atoms with Gasteiger partial charge in [-0.05, 0) is 25.7 Å². The van der Waals surface area contributed by atoms with E-state index in [1.807, 2.05) is 12.4 Å². The zero-order chi connectivity index (χ0) is 13.3. The van der Waals surface area contributed by atoms with E-state index in [9.17, 15) is 0 Å². The van der Waals surface area contributed by atoms with Gasteiger partial charge in [0.05, 0.1) is 29.5 Å². The molecular weight excluding hydrogens is 262 g/mol. The van der Waals surface area contributed by atoms with E-state index in [0.29, 0.717) is 5.92 Å². The highest BCUT2D eigenvalue weighted by atomic mass is 32.1. The summed E-state index contributed by atoms with van der Waals surface area (Å²) >= 11 is 1.68. The molecule has 2 fully saturated rings. The van der Waals surface area contributed by atoms with Crippen molar-refractivity contribution in [1.82, 2.24) is 10.4 Å². The minimum atomic E-state index is -0.0728. The first kappa shape index (κ1) is 13.5. The third kappa shape index (κ3) is 2.55. The molecule has 3 atom stereocenters. The molecule has 6 heteroatoms. The van der Waals surface area contributed by atoms with Gasteiger partial charge in [-0.15, -0.1) is 11.3 Å². The van der Waals surface area contributed by atoms with Crippen LogP contribution in [0.2, 0.25) is 0 Å². The molecule has 1 aromatic rings. The predicted molar refractivity (Wildman–Crippen MR) is 73.8 cm³/mol. The first-order valence-electron chi connectivity index (χ1n) is 6.82. The lowest BCUT2D eigenvalue weighted by molar-refractivity contribution is -0.103. The maximum atomic E-state index is 5.99. The summed E-state index contributed by atoms with van der Waals surface area (Å²) < 4.78 is 11.5. The molecule has 1 aromatic heterocycles. The highest BCUT2D eigenvalue weighted by molar-refractivity contribution is 7.09. The number of aromatic nitrogens is 1. The molecule has 1 spiro atoms. The second kappa shape index (κ2) is 5.46. The van der Waals surface area contributed by atoms with Crippen molar-refractivity contribution in [3.8, 4) is 0 Å². The van der Waals surface area contributed by atoms with Crippen LogP contribution in [0.15, 0.2) is 5.51 Å². The summed E-state index contributed by atoms with van der Waals surface area (Å²) in [6, 6.07) is 0.175. The second-order valence-electron chi connectivity index (χ2n) is 5.53. The average Bonchev–Trinajstić information content (AvgIpc) is 3.02. The Labute approximate surface area is 117 Å². The molecule has 0 saturated carbocycles. The number of aryl methyl sites for hydroxylation is 1. The third-order valence-electron chi connectivity index (χ3n) is 4.31. The van der Waals surface area contributed by atoms with Gasteiger partial charge in [-0.2, -0.15) is 0 Å². The fourth-order valence-electron chi connectivity index (χ4n) is 3.25. The van der Waals surface area contributed by atoms with Gasteiger partial charge in [-0.25, -0.2) is 4.98 Å². The number of nitrogens with zero attached hydrogens (tertiary/aromatic N) is 1. The van der Waals surface area contributed by atoms with Gasteiger partial charge in [0.15, 0.2) is 0 Å². The van der Waals surface area contributed by atoms with Gasteiger partial charge < -0.3 is 9.47 Å². The highest BCUT2D eigenvalue weighted by Gasteiger charge is 2.43. The number of nitrogens with two attached hydrogens (primary N) is 1. The van der Waals surface area contributed by atoms with Gasteiger partial charge in [0, 0.05) is 24.5 Å². The smallest absolute Gasteiger partial charge is 0.0940 e. The van der Waals surface area contributed by atoms with Crippen LogP contribution in [0.5, 0.6) is 0 Å². The van der Waals surface area contributed by atoms with E-state index in [2.05, 4.69) is 10.4 Å². The fraction of sp³-hybridized carbons (Fsp3) is 0.769. The Hall–Kier alpha value is -0.530. The van der Waals surface area contributed by atoms with Crippen molar-refractivity contribution in [3.05, 3.63) is 16.1 Å². The number of rotatable bonds is 3. The molecule has 0 amide bonds. The third-order valence-corrected chi connectivity index (χ3v) is 5.33. The molecule has 0 bridgehead atoms. The molecule has 5 nitrogen and oxygen atoms in total. The van der Waals surface area contributed by atoms with Crippen LogP contribution in [0.25, 0.3) is 0 Å². The normalized spacial score (nSPS) is 32.8. The van der Waals surface area contributed by atoms with Crippen LogP contribution >= 0.6 is 11.3 Å². The number of hydrogen-bond donors (Lipinski definition) is 2. The molecule has 3 N–H and O–H groups in total. The largest absolute Gasteiger partial charge is 0.378 e. The minimum Gasteiger partial charge on any atom is -0.378 e. The topological polar surface area (TPSA) is 69.4 Å². The number of ether oxygens (including phenoxy) is 2. The zero-order valence-electron chi connectivity index (χ0n) is 11.2. The summed E-state index contributed by atoms with van der Waals surface area (Å²) in [5, 5.41) is 0. The van der Waals surface area contributed by atoms with Crippen molar-refractivity contribution in [1.29, 1.82) is 0 Å². The van der Waals surface area contributed by atoms with E-state index in [1.54, 1.807) is 11.3 Å². The first-order valence-corrected chi connectivity index (χ1v) is 7.70. The van der Waals surface area contributed by atoms with Crippen molar-refractivity contribution in [2.24, 2.45) is 11.8 Å². The van der Waals surface area contributed by atoms with Crippen LogP contribution in [0.3, 0.4) is 0 Å². The van der Waals surface area contributed by atoms with E-state index >= 15 is 0 Å². The first-order chi connectivity index (χ1) is 9.24. The van der Waals surface area contributed by atoms with Gasteiger partial charge >= 0.3 is 0 Å². The van der Waals surface area contributed by atoms with Gasteiger partial charge in [-0.1, -0.05) is 0 Å². The molecule has 2 aliphatic heterocycles. The molecule has 2 aliphatic rings. The van der Waals surface area contributed by atoms with Gasteiger partial charge in [0.1, 0.15) is 0 Å². The fourth-order valence-corrected chi connectivity index (χ4v) is 4.20. The summed E-state index contributed by atoms with van der Waals surface area (Å²) in [6.45, 7) is 4.38. The summed E-state index contributed by atoms with van der Waals surface area (Å²) in [5.74, 6) is 6.29. The molecule has 3 unspecified atom stereocenters. The van der Waals surface area contributed by atoms with E-state index in [1.165, 1.54) is 4.88 Å². The van der Waals surface area contributed by atoms with Crippen molar-refractivity contribution >= 4 is 11.3 Å². The summed E-state index contributed by atoms with van der Waals surface area (Å²) in [4.78, 5) is 5.59. The van der Waals surface area contributed by atoms with Crippen LogP contribution in [0, 0.1) is 12.8 Å². The van der Waals surface area contributed by atoms with E-state index in [4.69, 9.17) is 15.3 Å². The minimum absolute atomic E-state index is 0.0728. The molecule has 19 heavy (non-hydrogen) atoms. The molecule has 2 saturated heterocycles. The van der Waals surface area contributed by atoms with Crippen molar-refractivity contribution in [3.63, 3.8) is 0 Å². The predicted octanol–water partition coefficient (Wildman–Crippen LogP) is 1.54. The molecule has 0 aromatic carbocycles. The van der Waals surface area contributed by atoms with Crippen LogP contribution in [0.4, 0.5) is 0 Å². The van der Waals surface area contributed by atoms with Crippen molar-refractivity contribution in [2.75, 3.05) is 19.8 Å². The number of thiazole rings is 1. The van der Waals surface area contributed by atoms with Gasteiger partial charge in [0.25, 0.3) is 0 Å². The summed E-state index contributed by atoms with van der Waals surface area (Å²) in [5.41, 5.74) is 5.89. The molecule has 0 radical (unpaired) electrons. The van der Waals surface area contributed by atoms with Gasteiger partial charge in [0.2, 0.25) is 0 Å². The van der Waals surface area contributed by atoms with E-state index < -0.39 is 0 Å². The van der Waals surface area contributed by atoms with E-state index in [0.717, 1.165) is 44.8 Å². The van der Waals surface area contributed by atoms with Crippen molar-refractivity contribution < 1.29 is 9.47 Å². The molecule has 106 valence electrons. The quantitative estimate of drug-likeness (QED) is 0.650. The maximum Gasteiger partial charge on any atom is 0.0940 e. The maximum absolute atomic E-state index is 5.99. The van der Waals surface area contributed by atoms with E-state index in [-0.39, 0.29) is 11.6 Å². The van der Waals surface area contributed by atoms with Crippen LogP contribution < -0.4 is 11.3 Å². The highest BCUT2D eigenvalue weighted by Crippen LogP contribution is 2.41. The Balaban J connectivity index is 1.78. The Bertz CT molecular complexity index is 431. The van der Waals surface area contributed by atoms with Crippen LogP contribution in [-0.2, 0) is 9.47 Å². The molecule has 0 aliphatic carbocycles. The lowest BCUT2D eigenvalue weighted by Gasteiger charge is -2.40. The Morgan fingerprint density at radius 1 is 1.58 bits per heavy atom. The standard InChI is InChI=1S/C13H21N3O2S/c1-9-12(19-8-15-9)11(16-14)10-2-4-18-13(6-10)3-5-17-7-13/h8,10-11,16H,2-7,14H2,1H3. The SMILES string of the molecule is Cc1ncsc1C(NN)C1CCOC2(CCOC2)C1. The van der Waals surface area contributed by atoms with Crippen LogP contribution in [0.1, 0.15) is 35.9 Å². The number of nitrogens with one attached hydrogen (secondary N) is 1. The monoisotopic (exact) mass is 283 g/mol. The molecule has 3 heterocycles. The van der Waals surface area contributed by atoms with Crippen LogP contribution in [-0.4, -0.2) is 30.4 Å². The zero-order valence-corrected chi connectivity index (χ0v) is 12.0. The Morgan fingerprint density at radius 3 is 3.11 bits per heavy atom. The Kier molecular flexibility index (Phi) is 3.86. The molecular formula is C13H21N3O2S. The summed E-state index contributed by atoms with van der Waals surface area (Å²) in [7, 11) is 0. The second-order valence-corrected chi connectivity index (χ2v) is 6.42. The number of hydrazine groups is 1. The van der Waals surface area contributed by atoms with Gasteiger partial charge in [-0.3, -0.25) is 11.3 Å². The van der Waals surface area contributed by atoms with Crippen molar-refractivity contribution in [2.45, 2.75) is 37.8 Å².